The molecule has 3 N–H and O–H groups in total. The average Bonchev–Trinajstić information content (AvgIpc) is 3.81. The Morgan fingerprint density at radius 3 is 2.48 bits per heavy atom. The second-order valence-corrected chi connectivity index (χ2v) is 18.5. The van der Waals surface area contributed by atoms with E-state index >= 15 is 0 Å². The molecule has 3 aliphatic rings. The van der Waals surface area contributed by atoms with Crippen molar-refractivity contribution < 1.29 is 27.9 Å². The largest absolute Gasteiger partial charge is 0.472 e. The topological polar surface area (TPSA) is 176 Å². The molecule has 2 aromatic carbocycles. The van der Waals surface area contributed by atoms with Gasteiger partial charge in [-0.3, -0.25) is 19.6 Å². The maximum atomic E-state index is 14.2. The Morgan fingerprint density at radius 2 is 1.71 bits per heavy atom. The molecular formula is C43H45N7O6S2. The molecule has 58 heavy (non-hydrogen) atoms. The highest BCUT2D eigenvalue weighted by Gasteiger charge is 2.34. The summed E-state index contributed by atoms with van der Waals surface area (Å²) in [6.45, 7) is 3.64. The first-order chi connectivity index (χ1) is 28.0. The van der Waals surface area contributed by atoms with E-state index < -0.39 is 27.1 Å². The lowest BCUT2D eigenvalue weighted by Crippen LogP contribution is -2.40. The van der Waals surface area contributed by atoms with Gasteiger partial charge in [-0.25, -0.2) is 27.9 Å². The van der Waals surface area contributed by atoms with E-state index in [1.54, 1.807) is 12.3 Å². The Balaban J connectivity index is 1.07. The first-order valence-corrected chi connectivity index (χ1v) is 22.3. The van der Waals surface area contributed by atoms with Gasteiger partial charge >= 0.3 is 5.97 Å². The highest BCUT2D eigenvalue weighted by molar-refractivity contribution is 7.90. The Hall–Kier alpha value is -5.59. The molecule has 0 atom stereocenters. The lowest BCUT2D eigenvalue weighted by atomic mass is 9.89. The Labute approximate surface area is 341 Å². The maximum absolute atomic E-state index is 14.2. The minimum Gasteiger partial charge on any atom is -0.472 e. The minimum absolute atomic E-state index is 0.0323. The van der Waals surface area contributed by atoms with Gasteiger partial charge in [0.25, 0.3) is 11.8 Å². The van der Waals surface area contributed by atoms with Gasteiger partial charge in [-0.2, -0.15) is 5.10 Å². The standard InChI is InChI=1S/C43H45N7O6S2/c1-27-34(24-44-50(27)25-29-8-3-2-4-9-29)32-19-20-38(46-40(32)42(54)48-58(55,56)31-17-14-28(15-18-31)16-21-39(51)52)49-23-22-30-10-7-11-33(35(30)26-49)41(53)47-43-45-36-12-5-6-13-37(36)57-43/h5-7,10-13,19-20,24,28-29,31H,2-4,8-9,14-15,17-18,22-23,25-26H2,1H3,(H,48,54)(H,51,52)(H,45,47,53). The van der Waals surface area contributed by atoms with E-state index in [-0.39, 0.29) is 30.4 Å². The number of nitrogens with one attached hydrogen (secondary N) is 2. The monoisotopic (exact) mass is 819 g/mol. The molecule has 0 spiro atoms. The number of pyridine rings is 1. The summed E-state index contributed by atoms with van der Waals surface area (Å²) in [4.78, 5) is 50.4. The number of aliphatic carboxylic acids is 1. The number of thiazole rings is 1. The van der Waals surface area contributed by atoms with Crippen molar-refractivity contribution >= 4 is 60.3 Å². The van der Waals surface area contributed by atoms with E-state index in [1.807, 2.05) is 65.0 Å². The van der Waals surface area contributed by atoms with Crippen LogP contribution < -0.4 is 14.9 Å². The SMILES string of the molecule is Cc1c(-c2ccc(N3CCc4cccc(C(=O)Nc5nc6ccccc6s5)c4C3)nc2C(=O)NS(=O)(=O)C2CCC(C#CC(=O)O)CC2)cnn1CC1CCCCC1. The quantitative estimate of drug-likeness (QED) is 0.132. The zero-order valence-corrected chi connectivity index (χ0v) is 33.9. The Kier molecular flexibility index (Phi) is 11.3. The fourth-order valence-electron chi connectivity index (χ4n) is 8.55. The molecular weight excluding hydrogens is 775 g/mol. The van der Waals surface area contributed by atoms with Crippen LogP contribution in [0.5, 0.6) is 0 Å². The smallest absolute Gasteiger partial charge is 0.381 e. The summed E-state index contributed by atoms with van der Waals surface area (Å²) >= 11 is 1.41. The van der Waals surface area contributed by atoms with Gasteiger partial charge in [-0.15, -0.1) is 0 Å². The number of rotatable bonds is 9. The maximum Gasteiger partial charge on any atom is 0.381 e. The zero-order valence-electron chi connectivity index (χ0n) is 32.2. The van der Waals surface area contributed by atoms with Crippen LogP contribution in [0.15, 0.2) is 60.8 Å². The van der Waals surface area contributed by atoms with Crippen molar-refractivity contribution in [2.75, 3.05) is 16.8 Å². The van der Waals surface area contributed by atoms with Crippen molar-refractivity contribution in [3.05, 3.63) is 88.9 Å². The van der Waals surface area contributed by atoms with E-state index in [0.29, 0.717) is 65.9 Å². The summed E-state index contributed by atoms with van der Waals surface area (Å²) in [6, 6.07) is 17.1. The van der Waals surface area contributed by atoms with Gasteiger partial charge in [0, 0.05) is 53.9 Å². The number of amides is 2. The lowest BCUT2D eigenvalue weighted by molar-refractivity contribution is -0.130. The predicted molar refractivity (Wildman–Crippen MR) is 223 cm³/mol. The highest BCUT2D eigenvalue weighted by atomic mass is 32.2. The molecule has 0 radical (unpaired) electrons. The highest BCUT2D eigenvalue weighted by Crippen LogP contribution is 2.34. The number of aromatic nitrogens is 4. The molecule has 300 valence electrons. The molecule has 2 fully saturated rings. The van der Waals surface area contributed by atoms with Crippen LogP contribution >= 0.6 is 11.3 Å². The van der Waals surface area contributed by atoms with E-state index in [9.17, 15) is 22.8 Å². The molecule has 1 aliphatic heterocycles. The van der Waals surface area contributed by atoms with Gasteiger partial charge in [0.1, 0.15) is 11.5 Å². The van der Waals surface area contributed by atoms with Crippen molar-refractivity contribution in [1.82, 2.24) is 24.5 Å². The molecule has 2 saturated carbocycles. The van der Waals surface area contributed by atoms with Gasteiger partial charge in [-0.1, -0.05) is 60.8 Å². The average molecular weight is 820 g/mol. The summed E-state index contributed by atoms with van der Waals surface area (Å²) in [5.41, 5.74) is 5.23. The number of nitrogens with zero attached hydrogens (tertiary/aromatic N) is 5. The minimum atomic E-state index is -4.12. The molecule has 0 bridgehead atoms. The van der Waals surface area contributed by atoms with Crippen molar-refractivity contribution in [3.63, 3.8) is 0 Å². The van der Waals surface area contributed by atoms with Gasteiger partial charge in [-0.05, 0) is 99.2 Å². The normalized spacial score (nSPS) is 18.5. The number of benzene rings is 2. The number of hydrogen-bond donors (Lipinski definition) is 3. The predicted octanol–water partition coefficient (Wildman–Crippen LogP) is 6.96. The number of para-hydroxylation sites is 1. The molecule has 0 unspecified atom stereocenters. The van der Waals surface area contributed by atoms with Gasteiger partial charge in [0.05, 0.1) is 21.7 Å². The van der Waals surface area contributed by atoms with E-state index in [2.05, 4.69) is 26.9 Å². The van der Waals surface area contributed by atoms with E-state index in [0.717, 1.165) is 46.4 Å². The third kappa shape index (κ3) is 8.49. The molecule has 13 nitrogen and oxygen atoms in total. The van der Waals surface area contributed by atoms with Gasteiger partial charge < -0.3 is 10.0 Å². The lowest BCUT2D eigenvalue weighted by Gasteiger charge is -2.31. The molecule has 2 amide bonds. The summed E-state index contributed by atoms with van der Waals surface area (Å²) in [7, 11) is -4.12. The molecule has 2 aliphatic carbocycles. The van der Waals surface area contributed by atoms with Crippen LogP contribution in [0.1, 0.15) is 95.5 Å². The third-order valence-electron chi connectivity index (χ3n) is 11.7. The van der Waals surface area contributed by atoms with Crippen LogP contribution in [0.25, 0.3) is 21.3 Å². The third-order valence-corrected chi connectivity index (χ3v) is 14.5. The van der Waals surface area contributed by atoms with Crippen LogP contribution in [-0.4, -0.2) is 62.9 Å². The number of carbonyl (C=O) groups is 3. The van der Waals surface area contributed by atoms with Crippen LogP contribution in [0, 0.1) is 30.6 Å². The first-order valence-electron chi connectivity index (χ1n) is 19.9. The summed E-state index contributed by atoms with van der Waals surface area (Å²) in [6.07, 6.45) is 9.63. The van der Waals surface area contributed by atoms with Crippen molar-refractivity contribution in [2.45, 2.75) is 89.5 Å². The summed E-state index contributed by atoms with van der Waals surface area (Å²) in [5.74, 6) is 3.30. The summed E-state index contributed by atoms with van der Waals surface area (Å²) < 4.78 is 32.8. The number of hydrogen-bond acceptors (Lipinski definition) is 10. The zero-order chi connectivity index (χ0) is 40.4. The Bertz CT molecular complexity index is 2520. The van der Waals surface area contributed by atoms with Crippen molar-refractivity contribution in [3.8, 4) is 23.0 Å². The van der Waals surface area contributed by atoms with Crippen LogP contribution in [0.4, 0.5) is 10.9 Å². The fraction of sp³-hybridized carbons (Fsp3) is 0.395. The van der Waals surface area contributed by atoms with Gasteiger partial charge in [0.15, 0.2) is 5.13 Å². The number of carboxylic acids is 1. The molecule has 5 aromatic rings. The van der Waals surface area contributed by atoms with E-state index in [4.69, 9.17) is 15.2 Å². The summed E-state index contributed by atoms with van der Waals surface area (Å²) in [5, 5.41) is 16.3. The van der Waals surface area contributed by atoms with Crippen molar-refractivity contribution in [1.29, 1.82) is 0 Å². The molecule has 3 aromatic heterocycles. The number of fused-ring (bicyclic) bond motifs is 2. The van der Waals surface area contributed by atoms with Crippen LogP contribution in [0.3, 0.4) is 0 Å². The molecule has 8 rings (SSSR count). The number of anilines is 2. The fourth-order valence-corrected chi connectivity index (χ4v) is 10.8. The van der Waals surface area contributed by atoms with Crippen LogP contribution in [-0.2, 0) is 34.3 Å². The first kappa shape index (κ1) is 39.2. The number of carbonyl (C=O) groups excluding carboxylic acids is 2. The second kappa shape index (κ2) is 16.7. The second-order valence-electron chi connectivity index (χ2n) is 15.5. The number of carboxylic acid groups (broad SMARTS) is 1. The number of sulfonamides is 1. The Morgan fingerprint density at radius 1 is 0.914 bits per heavy atom. The van der Waals surface area contributed by atoms with Gasteiger partial charge in [0.2, 0.25) is 10.0 Å². The molecule has 15 heteroatoms. The molecule has 0 saturated heterocycles. The molecule has 4 heterocycles. The van der Waals surface area contributed by atoms with E-state index in [1.165, 1.54) is 30.6 Å². The van der Waals surface area contributed by atoms with Crippen molar-refractivity contribution in [2.24, 2.45) is 11.8 Å². The van der Waals surface area contributed by atoms with Crippen LogP contribution in [0.2, 0.25) is 0 Å².